The van der Waals surface area contributed by atoms with Crippen molar-refractivity contribution in [2.75, 3.05) is 13.1 Å². The maximum Gasteiger partial charge on any atom is 0.357 e. The number of pyridine rings is 1. The summed E-state index contributed by atoms with van der Waals surface area (Å²) in [5.41, 5.74) is 0.269. The molecule has 94 valence electrons. The number of aromatic nitrogens is 1. The van der Waals surface area contributed by atoms with E-state index in [9.17, 15) is 4.79 Å². The quantitative estimate of drug-likeness (QED) is 0.841. The minimum Gasteiger partial charge on any atom is -0.458 e. The molecule has 1 N–H and O–H groups in total. The third kappa shape index (κ3) is 4.15. The summed E-state index contributed by atoms with van der Waals surface area (Å²) in [5.74, 6) is -0.394. The number of nitrogens with one attached hydrogen (secondary N) is 1. The summed E-state index contributed by atoms with van der Waals surface area (Å²) >= 11 is 5.77. The van der Waals surface area contributed by atoms with Crippen LogP contribution >= 0.6 is 24.0 Å². The summed E-state index contributed by atoms with van der Waals surface area (Å²) in [5, 5.41) is 3.70. The van der Waals surface area contributed by atoms with Gasteiger partial charge in [-0.15, -0.1) is 12.4 Å². The van der Waals surface area contributed by atoms with E-state index in [-0.39, 0.29) is 24.2 Å². The number of esters is 1. The number of rotatable bonds is 2. The van der Waals surface area contributed by atoms with Crippen LogP contribution in [0.5, 0.6) is 0 Å². The highest BCUT2D eigenvalue weighted by Crippen LogP contribution is 2.13. The average molecular weight is 277 g/mol. The van der Waals surface area contributed by atoms with Gasteiger partial charge in [-0.2, -0.15) is 0 Å². The molecule has 1 fully saturated rings. The summed E-state index contributed by atoms with van der Waals surface area (Å²) < 4.78 is 5.33. The topological polar surface area (TPSA) is 51.2 Å². The first-order valence-electron chi connectivity index (χ1n) is 5.29. The fourth-order valence-corrected chi connectivity index (χ4v) is 1.80. The largest absolute Gasteiger partial charge is 0.458 e. The number of hydrogen-bond acceptors (Lipinski definition) is 4. The van der Waals surface area contributed by atoms with Crippen LogP contribution in [0.4, 0.5) is 0 Å². The van der Waals surface area contributed by atoms with Gasteiger partial charge in [-0.1, -0.05) is 11.6 Å². The standard InChI is InChI=1S/C11H13ClN2O2.ClH/c12-8-1-6-14-10(7-8)11(15)16-9-2-4-13-5-3-9;/h1,6-7,9,13H,2-5H2;1H. The molecule has 1 aromatic heterocycles. The van der Waals surface area contributed by atoms with Gasteiger partial charge in [0, 0.05) is 11.2 Å². The third-order valence-electron chi connectivity index (χ3n) is 2.49. The Balaban J connectivity index is 0.00000144. The molecule has 4 nitrogen and oxygen atoms in total. The van der Waals surface area contributed by atoms with E-state index in [1.165, 1.54) is 12.3 Å². The Morgan fingerprint density at radius 2 is 2.18 bits per heavy atom. The average Bonchev–Trinajstić information content (AvgIpc) is 2.30. The van der Waals surface area contributed by atoms with Gasteiger partial charge in [0.05, 0.1) is 0 Å². The maximum atomic E-state index is 11.7. The molecule has 0 radical (unpaired) electrons. The SMILES string of the molecule is Cl.O=C(OC1CCNCC1)c1cc(Cl)ccn1. The predicted molar refractivity (Wildman–Crippen MR) is 67.8 cm³/mol. The summed E-state index contributed by atoms with van der Waals surface area (Å²) in [4.78, 5) is 15.6. The van der Waals surface area contributed by atoms with Crippen molar-refractivity contribution in [3.05, 3.63) is 29.0 Å². The minimum absolute atomic E-state index is 0. The zero-order chi connectivity index (χ0) is 11.4. The van der Waals surface area contributed by atoms with E-state index >= 15 is 0 Å². The zero-order valence-corrected chi connectivity index (χ0v) is 10.8. The molecule has 17 heavy (non-hydrogen) atoms. The van der Waals surface area contributed by atoms with Gasteiger partial charge in [0.1, 0.15) is 11.8 Å². The second-order valence-corrected chi connectivity index (χ2v) is 4.15. The third-order valence-corrected chi connectivity index (χ3v) is 2.73. The van der Waals surface area contributed by atoms with Crippen molar-refractivity contribution in [1.29, 1.82) is 0 Å². The first-order chi connectivity index (χ1) is 7.75. The van der Waals surface area contributed by atoms with Gasteiger partial charge in [0.25, 0.3) is 0 Å². The molecule has 1 aliphatic rings. The lowest BCUT2D eigenvalue weighted by Gasteiger charge is -2.22. The van der Waals surface area contributed by atoms with Gasteiger partial charge in [0.15, 0.2) is 0 Å². The van der Waals surface area contributed by atoms with E-state index in [2.05, 4.69) is 10.3 Å². The van der Waals surface area contributed by atoms with E-state index in [1.807, 2.05) is 0 Å². The summed E-state index contributed by atoms with van der Waals surface area (Å²) in [6, 6.07) is 3.15. The van der Waals surface area contributed by atoms with Crippen molar-refractivity contribution in [2.45, 2.75) is 18.9 Å². The van der Waals surface area contributed by atoms with Crippen LogP contribution in [0.3, 0.4) is 0 Å². The molecule has 0 unspecified atom stereocenters. The normalized spacial score (nSPS) is 16.1. The van der Waals surface area contributed by atoms with Crippen molar-refractivity contribution >= 4 is 30.0 Å². The minimum atomic E-state index is -0.394. The highest BCUT2D eigenvalue weighted by molar-refractivity contribution is 6.30. The Bertz CT molecular complexity index is 381. The van der Waals surface area contributed by atoms with Gasteiger partial charge in [-0.25, -0.2) is 9.78 Å². The lowest BCUT2D eigenvalue weighted by molar-refractivity contribution is 0.0223. The highest BCUT2D eigenvalue weighted by atomic mass is 35.5. The number of carbonyl (C=O) groups excluding carboxylic acids is 1. The van der Waals surface area contributed by atoms with Crippen molar-refractivity contribution < 1.29 is 9.53 Å². The van der Waals surface area contributed by atoms with E-state index in [0.717, 1.165) is 25.9 Å². The molecule has 0 saturated carbocycles. The second-order valence-electron chi connectivity index (χ2n) is 3.71. The van der Waals surface area contributed by atoms with Gasteiger partial charge in [-0.3, -0.25) is 0 Å². The van der Waals surface area contributed by atoms with Crippen LogP contribution < -0.4 is 5.32 Å². The number of hydrogen-bond donors (Lipinski definition) is 1. The molecule has 0 aliphatic carbocycles. The fourth-order valence-electron chi connectivity index (χ4n) is 1.64. The number of halogens is 2. The first kappa shape index (κ1) is 14.2. The molecular weight excluding hydrogens is 263 g/mol. The smallest absolute Gasteiger partial charge is 0.357 e. The van der Waals surface area contributed by atoms with Crippen molar-refractivity contribution in [1.82, 2.24) is 10.3 Å². The Labute approximate surface area is 111 Å². The number of nitrogens with zero attached hydrogens (tertiary/aromatic N) is 1. The van der Waals surface area contributed by atoms with Crippen LogP contribution in [0.15, 0.2) is 18.3 Å². The van der Waals surface area contributed by atoms with Gasteiger partial charge in [-0.05, 0) is 38.1 Å². The molecule has 1 saturated heterocycles. The molecule has 1 aliphatic heterocycles. The molecular formula is C11H14Cl2N2O2. The Morgan fingerprint density at radius 3 is 2.82 bits per heavy atom. The molecule has 0 amide bonds. The highest BCUT2D eigenvalue weighted by Gasteiger charge is 2.19. The Morgan fingerprint density at radius 1 is 1.47 bits per heavy atom. The Kier molecular flexibility index (Phi) is 5.68. The monoisotopic (exact) mass is 276 g/mol. The van der Waals surface area contributed by atoms with Crippen LogP contribution in [0.25, 0.3) is 0 Å². The number of ether oxygens (including phenoxy) is 1. The van der Waals surface area contributed by atoms with Crippen LogP contribution in [-0.4, -0.2) is 30.1 Å². The van der Waals surface area contributed by atoms with Crippen LogP contribution in [-0.2, 0) is 4.74 Å². The fraction of sp³-hybridized carbons (Fsp3) is 0.455. The van der Waals surface area contributed by atoms with E-state index in [4.69, 9.17) is 16.3 Å². The summed E-state index contributed by atoms with van der Waals surface area (Å²) in [7, 11) is 0. The van der Waals surface area contributed by atoms with E-state index < -0.39 is 5.97 Å². The van der Waals surface area contributed by atoms with Crippen molar-refractivity contribution in [3.63, 3.8) is 0 Å². The molecule has 1 aromatic rings. The summed E-state index contributed by atoms with van der Waals surface area (Å²) in [6.07, 6.45) is 3.20. The molecule has 2 rings (SSSR count). The van der Waals surface area contributed by atoms with Crippen molar-refractivity contribution in [3.8, 4) is 0 Å². The van der Waals surface area contributed by atoms with Crippen LogP contribution in [0.2, 0.25) is 5.02 Å². The number of piperidine rings is 1. The Hall–Kier alpha value is -0.840. The van der Waals surface area contributed by atoms with Gasteiger partial charge < -0.3 is 10.1 Å². The first-order valence-corrected chi connectivity index (χ1v) is 5.67. The molecule has 0 bridgehead atoms. The second kappa shape index (κ2) is 6.79. The lowest BCUT2D eigenvalue weighted by Crippen LogP contribution is -2.33. The van der Waals surface area contributed by atoms with Crippen LogP contribution in [0, 0.1) is 0 Å². The van der Waals surface area contributed by atoms with Crippen LogP contribution in [0.1, 0.15) is 23.3 Å². The number of carbonyl (C=O) groups is 1. The zero-order valence-electron chi connectivity index (χ0n) is 9.19. The van der Waals surface area contributed by atoms with Crippen molar-refractivity contribution in [2.24, 2.45) is 0 Å². The predicted octanol–water partition coefficient (Wildman–Crippen LogP) is 2.07. The van der Waals surface area contributed by atoms with E-state index in [1.54, 1.807) is 6.07 Å². The van der Waals surface area contributed by atoms with E-state index in [0.29, 0.717) is 5.02 Å². The molecule has 6 heteroatoms. The molecule has 0 aromatic carbocycles. The molecule has 2 heterocycles. The maximum absolute atomic E-state index is 11.7. The van der Waals surface area contributed by atoms with Gasteiger partial charge >= 0.3 is 5.97 Å². The summed E-state index contributed by atoms with van der Waals surface area (Å²) in [6.45, 7) is 1.78. The van der Waals surface area contributed by atoms with Gasteiger partial charge in [0.2, 0.25) is 0 Å². The lowest BCUT2D eigenvalue weighted by atomic mass is 10.1. The molecule has 0 atom stereocenters. The molecule has 0 spiro atoms.